The zero-order chi connectivity index (χ0) is 23.7. The van der Waals surface area contributed by atoms with Crippen molar-refractivity contribution in [3.05, 3.63) is 59.2 Å². The summed E-state index contributed by atoms with van der Waals surface area (Å²) in [6.45, 7) is 7.49. The van der Waals surface area contributed by atoms with Gasteiger partial charge in [-0.25, -0.2) is 4.98 Å². The normalized spacial score (nSPS) is 19.0. The van der Waals surface area contributed by atoms with Crippen molar-refractivity contribution in [1.29, 1.82) is 0 Å². The summed E-state index contributed by atoms with van der Waals surface area (Å²) in [6, 6.07) is 10.5. The largest absolute Gasteiger partial charge is 0.364 e. The van der Waals surface area contributed by atoms with E-state index in [1.165, 1.54) is 11.3 Å². The molecule has 0 aromatic carbocycles. The lowest BCUT2D eigenvalue weighted by atomic mass is 9.90. The van der Waals surface area contributed by atoms with Crippen LogP contribution in [0.1, 0.15) is 59.7 Å². The van der Waals surface area contributed by atoms with Crippen LogP contribution in [-0.4, -0.2) is 69.8 Å². The Morgan fingerprint density at radius 2 is 2.00 bits per heavy atom. The van der Waals surface area contributed by atoms with Crippen molar-refractivity contribution in [2.24, 2.45) is 5.73 Å². The number of carbonyl (C=O) groups is 1. The number of piperazine rings is 1. The Hall–Kier alpha value is -2.97. The average Bonchev–Trinajstić information content (AvgIpc) is 3.22. The van der Waals surface area contributed by atoms with Gasteiger partial charge in [0.2, 0.25) is 0 Å². The Bertz CT molecular complexity index is 1170. The predicted octanol–water partition coefficient (Wildman–Crippen LogP) is 2.87. The third-order valence-electron chi connectivity index (χ3n) is 7.23. The molecule has 1 saturated heterocycles. The molecule has 34 heavy (non-hydrogen) atoms. The second-order valence-corrected chi connectivity index (χ2v) is 9.57. The molecule has 3 aromatic heterocycles. The molecule has 8 nitrogen and oxygen atoms in total. The SMILES string of the molecule is CCCN(Cc1nc2cccc(N3CCN(C)CC3)n2c1C(N)=O)[C@H]1CCCc2cccnc21. The number of imidazole rings is 1. The summed E-state index contributed by atoms with van der Waals surface area (Å²) in [6.07, 6.45) is 6.20. The standard InChI is InChI=1S/C26H35N7O/c1-3-13-32(21-9-4-7-19-8-6-12-28-24(19)21)18-20-25(26(27)34)33-22(29-20)10-5-11-23(33)31-16-14-30(2)15-17-31/h5-6,8,10-12,21H,3-4,7,9,13-18H2,1-2H3,(H2,27,34)/t21-/m0/s1. The molecule has 2 N–H and O–H groups in total. The highest BCUT2D eigenvalue weighted by Crippen LogP contribution is 2.34. The Morgan fingerprint density at radius 3 is 2.76 bits per heavy atom. The van der Waals surface area contributed by atoms with E-state index in [1.807, 2.05) is 28.8 Å². The molecule has 0 radical (unpaired) electrons. The zero-order valence-corrected chi connectivity index (χ0v) is 20.3. The van der Waals surface area contributed by atoms with E-state index >= 15 is 0 Å². The molecule has 2 aliphatic rings. The maximum absolute atomic E-state index is 12.8. The molecule has 180 valence electrons. The van der Waals surface area contributed by atoms with Gasteiger partial charge in [-0.2, -0.15) is 0 Å². The van der Waals surface area contributed by atoms with Crippen LogP contribution in [0.3, 0.4) is 0 Å². The maximum atomic E-state index is 12.8. The van der Waals surface area contributed by atoms with E-state index in [1.54, 1.807) is 0 Å². The van der Waals surface area contributed by atoms with Crippen LogP contribution in [0, 0.1) is 0 Å². The number of pyridine rings is 2. The lowest BCUT2D eigenvalue weighted by molar-refractivity contribution is 0.0990. The van der Waals surface area contributed by atoms with Crippen molar-refractivity contribution < 1.29 is 4.79 Å². The van der Waals surface area contributed by atoms with E-state index in [-0.39, 0.29) is 6.04 Å². The topological polar surface area (TPSA) is 83.0 Å². The fourth-order valence-corrected chi connectivity index (χ4v) is 5.53. The van der Waals surface area contributed by atoms with Crippen LogP contribution in [0.2, 0.25) is 0 Å². The first-order chi connectivity index (χ1) is 16.6. The van der Waals surface area contributed by atoms with Crippen LogP contribution >= 0.6 is 0 Å². The number of likely N-dealkylation sites (N-methyl/N-ethyl adjacent to an activating group) is 1. The van der Waals surface area contributed by atoms with Gasteiger partial charge >= 0.3 is 0 Å². The number of amides is 1. The van der Waals surface area contributed by atoms with Gasteiger partial charge in [-0.15, -0.1) is 0 Å². The van der Waals surface area contributed by atoms with Crippen LogP contribution in [0.25, 0.3) is 5.65 Å². The summed E-state index contributed by atoms with van der Waals surface area (Å²) in [5, 5.41) is 0. The zero-order valence-electron chi connectivity index (χ0n) is 20.3. The third kappa shape index (κ3) is 4.28. The lowest BCUT2D eigenvalue weighted by Gasteiger charge is -2.35. The molecular formula is C26H35N7O. The number of primary amides is 1. The molecular weight excluding hydrogens is 426 g/mol. The first-order valence-electron chi connectivity index (χ1n) is 12.5. The van der Waals surface area contributed by atoms with Crippen LogP contribution in [-0.2, 0) is 13.0 Å². The lowest BCUT2D eigenvalue weighted by Crippen LogP contribution is -2.45. The van der Waals surface area contributed by atoms with Gasteiger partial charge in [0, 0.05) is 38.9 Å². The second-order valence-electron chi connectivity index (χ2n) is 9.57. The number of aryl methyl sites for hydroxylation is 1. The van der Waals surface area contributed by atoms with Crippen molar-refractivity contribution in [2.75, 3.05) is 44.7 Å². The molecule has 5 rings (SSSR count). The molecule has 0 spiro atoms. The Balaban J connectivity index is 1.54. The fraction of sp³-hybridized carbons (Fsp3) is 0.500. The van der Waals surface area contributed by atoms with Gasteiger partial charge < -0.3 is 15.5 Å². The first kappa shape index (κ1) is 22.8. The summed E-state index contributed by atoms with van der Waals surface area (Å²) in [7, 11) is 2.14. The van der Waals surface area contributed by atoms with Gasteiger partial charge in [-0.05, 0) is 63.0 Å². The number of anilines is 1. The minimum Gasteiger partial charge on any atom is -0.364 e. The number of rotatable bonds is 7. The smallest absolute Gasteiger partial charge is 0.267 e. The Morgan fingerprint density at radius 1 is 1.18 bits per heavy atom. The summed E-state index contributed by atoms with van der Waals surface area (Å²) >= 11 is 0. The van der Waals surface area contributed by atoms with Gasteiger partial charge in [0.1, 0.15) is 17.2 Å². The number of carbonyl (C=O) groups excluding carboxylic acids is 1. The molecule has 4 heterocycles. The highest BCUT2D eigenvalue weighted by Gasteiger charge is 2.30. The predicted molar refractivity (Wildman–Crippen MR) is 134 cm³/mol. The Kier molecular flexibility index (Phi) is 6.52. The van der Waals surface area contributed by atoms with Crippen molar-refractivity contribution in [1.82, 2.24) is 24.2 Å². The summed E-state index contributed by atoms with van der Waals surface area (Å²) in [5.41, 5.74) is 10.5. The number of nitrogens with two attached hydrogens (primary N) is 1. The van der Waals surface area contributed by atoms with Crippen LogP contribution < -0.4 is 10.6 Å². The minimum atomic E-state index is -0.428. The molecule has 1 aliphatic carbocycles. The van der Waals surface area contributed by atoms with E-state index < -0.39 is 5.91 Å². The molecule has 0 saturated carbocycles. The van der Waals surface area contributed by atoms with Gasteiger partial charge in [-0.1, -0.05) is 19.1 Å². The first-order valence-corrected chi connectivity index (χ1v) is 12.5. The molecule has 8 heteroatoms. The van der Waals surface area contributed by atoms with Crippen molar-refractivity contribution >= 4 is 17.4 Å². The monoisotopic (exact) mass is 461 g/mol. The maximum Gasteiger partial charge on any atom is 0.267 e. The van der Waals surface area contributed by atoms with E-state index in [9.17, 15) is 4.79 Å². The molecule has 1 aliphatic heterocycles. The molecule has 3 aromatic rings. The fourth-order valence-electron chi connectivity index (χ4n) is 5.53. The molecule has 1 fully saturated rings. The van der Waals surface area contributed by atoms with E-state index in [0.717, 1.165) is 75.6 Å². The third-order valence-corrected chi connectivity index (χ3v) is 7.23. The van der Waals surface area contributed by atoms with E-state index in [0.29, 0.717) is 12.2 Å². The molecule has 1 atom stereocenters. The summed E-state index contributed by atoms with van der Waals surface area (Å²) < 4.78 is 1.97. The van der Waals surface area contributed by atoms with Crippen LogP contribution in [0.4, 0.5) is 5.82 Å². The van der Waals surface area contributed by atoms with E-state index in [4.69, 9.17) is 15.7 Å². The number of hydrogen-bond donors (Lipinski definition) is 1. The molecule has 0 unspecified atom stereocenters. The number of fused-ring (bicyclic) bond motifs is 2. The average molecular weight is 462 g/mol. The van der Waals surface area contributed by atoms with Crippen molar-refractivity contribution in [3.8, 4) is 0 Å². The minimum absolute atomic E-state index is 0.229. The highest BCUT2D eigenvalue weighted by molar-refractivity contribution is 5.94. The van der Waals surface area contributed by atoms with Crippen LogP contribution in [0.15, 0.2) is 36.5 Å². The van der Waals surface area contributed by atoms with Crippen molar-refractivity contribution in [3.63, 3.8) is 0 Å². The van der Waals surface area contributed by atoms with Crippen molar-refractivity contribution in [2.45, 2.75) is 45.2 Å². The van der Waals surface area contributed by atoms with Gasteiger partial charge in [0.15, 0.2) is 0 Å². The number of aromatic nitrogens is 3. The Labute approximate surface area is 201 Å². The second kappa shape index (κ2) is 9.72. The summed E-state index contributed by atoms with van der Waals surface area (Å²) in [4.78, 5) is 29.6. The number of nitrogens with zero attached hydrogens (tertiary/aromatic N) is 6. The quantitative estimate of drug-likeness (QED) is 0.583. The van der Waals surface area contributed by atoms with Gasteiger partial charge in [0.05, 0.1) is 17.4 Å². The van der Waals surface area contributed by atoms with E-state index in [2.05, 4.69) is 40.8 Å². The van der Waals surface area contributed by atoms with Crippen LogP contribution in [0.5, 0.6) is 0 Å². The number of hydrogen-bond acceptors (Lipinski definition) is 6. The van der Waals surface area contributed by atoms with Gasteiger partial charge in [0.25, 0.3) is 5.91 Å². The summed E-state index contributed by atoms with van der Waals surface area (Å²) in [5.74, 6) is 0.563. The van der Waals surface area contributed by atoms with Gasteiger partial charge in [-0.3, -0.25) is 19.1 Å². The molecule has 1 amide bonds. The highest BCUT2D eigenvalue weighted by atomic mass is 16.1. The molecule has 0 bridgehead atoms.